The minimum atomic E-state index is -3.02. The average molecular weight is 320 g/mol. The Morgan fingerprint density at radius 1 is 1.36 bits per heavy atom. The van der Waals surface area contributed by atoms with Gasteiger partial charge in [-0.25, -0.2) is 18.6 Å². The molecule has 0 bridgehead atoms. The van der Waals surface area contributed by atoms with E-state index in [1.54, 1.807) is 0 Å². The predicted molar refractivity (Wildman–Crippen MR) is 65.7 cm³/mol. The standard InChI is InChI=1S/C12H12F4N4O2/c1-2-22-11(21)7-5-18-20(9(7)10(13)14)6-8-17-3-4-19(8)12(15)16/h3-5,10,12H,2,6H2,1H3. The van der Waals surface area contributed by atoms with E-state index in [-0.39, 0.29) is 12.4 Å². The fraction of sp³-hybridized carbons (Fsp3) is 0.417. The van der Waals surface area contributed by atoms with Crippen molar-refractivity contribution >= 4 is 5.97 Å². The van der Waals surface area contributed by atoms with Gasteiger partial charge in [-0.05, 0) is 6.92 Å². The van der Waals surface area contributed by atoms with Crippen molar-refractivity contribution in [2.75, 3.05) is 6.61 Å². The molecule has 0 amide bonds. The van der Waals surface area contributed by atoms with Crippen molar-refractivity contribution in [2.24, 2.45) is 0 Å². The van der Waals surface area contributed by atoms with Crippen LogP contribution in [0, 0.1) is 0 Å². The molecule has 2 aromatic heterocycles. The lowest BCUT2D eigenvalue weighted by molar-refractivity contribution is 0.0512. The summed E-state index contributed by atoms with van der Waals surface area (Å²) in [6, 6.07) is 0. The summed E-state index contributed by atoms with van der Waals surface area (Å²) in [6.07, 6.45) is 0.0589. The van der Waals surface area contributed by atoms with Crippen LogP contribution in [0.1, 0.15) is 41.8 Å². The molecule has 0 radical (unpaired) electrons. The van der Waals surface area contributed by atoms with E-state index in [2.05, 4.69) is 14.8 Å². The average Bonchev–Trinajstić information content (AvgIpc) is 3.06. The van der Waals surface area contributed by atoms with Crippen LogP contribution in [0.2, 0.25) is 0 Å². The summed E-state index contributed by atoms with van der Waals surface area (Å²) in [7, 11) is 0. The number of nitrogens with zero attached hydrogens (tertiary/aromatic N) is 4. The molecule has 0 saturated carbocycles. The van der Waals surface area contributed by atoms with Crippen LogP contribution in [-0.4, -0.2) is 31.9 Å². The lowest BCUT2D eigenvalue weighted by atomic mass is 10.2. The van der Waals surface area contributed by atoms with Gasteiger partial charge >= 0.3 is 12.5 Å². The van der Waals surface area contributed by atoms with Gasteiger partial charge in [-0.2, -0.15) is 13.9 Å². The first kappa shape index (κ1) is 16.0. The van der Waals surface area contributed by atoms with Gasteiger partial charge in [-0.3, -0.25) is 9.25 Å². The second-order valence-electron chi connectivity index (χ2n) is 4.15. The number of esters is 1. The number of alkyl halides is 4. The Morgan fingerprint density at radius 3 is 2.68 bits per heavy atom. The van der Waals surface area contributed by atoms with Crippen molar-refractivity contribution in [1.29, 1.82) is 0 Å². The maximum atomic E-state index is 13.2. The van der Waals surface area contributed by atoms with E-state index >= 15 is 0 Å². The lowest BCUT2D eigenvalue weighted by Crippen LogP contribution is -2.14. The zero-order valence-corrected chi connectivity index (χ0v) is 11.4. The molecule has 0 fully saturated rings. The van der Waals surface area contributed by atoms with Gasteiger partial charge in [0.25, 0.3) is 6.43 Å². The summed E-state index contributed by atoms with van der Waals surface area (Å²) < 4.78 is 57.7. The van der Waals surface area contributed by atoms with Gasteiger partial charge in [0.2, 0.25) is 0 Å². The smallest absolute Gasteiger partial charge is 0.341 e. The number of aromatic nitrogens is 4. The largest absolute Gasteiger partial charge is 0.462 e. The molecule has 10 heteroatoms. The molecule has 0 N–H and O–H groups in total. The topological polar surface area (TPSA) is 61.9 Å². The van der Waals surface area contributed by atoms with Crippen molar-refractivity contribution in [2.45, 2.75) is 26.4 Å². The van der Waals surface area contributed by atoms with Crippen LogP contribution in [0.25, 0.3) is 0 Å². The van der Waals surface area contributed by atoms with Gasteiger partial charge in [-0.15, -0.1) is 0 Å². The number of hydrogen-bond acceptors (Lipinski definition) is 4. The van der Waals surface area contributed by atoms with Crippen LogP contribution < -0.4 is 0 Å². The normalized spacial score (nSPS) is 11.4. The SMILES string of the molecule is CCOC(=O)c1cnn(Cc2nccn2C(F)F)c1C(F)F. The van der Waals surface area contributed by atoms with Gasteiger partial charge in [-0.1, -0.05) is 0 Å². The van der Waals surface area contributed by atoms with E-state index in [1.165, 1.54) is 6.92 Å². The first-order valence-corrected chi connectivity index (χ1v) is 6.26. The molecule has 0 saturated heterocycles. The number of hydrogen-bond donors (Lipinski definition) is 0. The lowest BCUT2D eigenvalue weighted by Gasteiger charge is -2.10. The number of carbonyl (C=O) groups is 1. The van der Waals surface area contributed by atoms with Crippen molar-refractivity contribution in [3.8, 4) is 0 Å². The van der Waals surface area contributed by atoms with E-state index in [0.717, 1.165) is 23.3 Å². The van der Waals surface area contributed by atoms with E-state index in [0.29, 0.717) is 4.57 Å². The molecule has 0 aliphatic heterocycles. The van der Waals surface area contributed by atoms with Crippen molar-refractivity contribution in [3.63, 3.8) is 0 Å². The molecule has 0 aliphatic carbocycles. The number of imidazole rings is 1. The van der Waals surface area contributed by atoms with E-state index in [1.807, 2.05) is 0 Å². The van der Waals surface area contributed by atoms with Gasteiger partial charge in [0.05, 0.1) is 19.3 Å². The zero-order valence-electron chi connectivity index (χ0n) is 11.4. The summed E-state index contributed by atoms with van der Waals surface area (Å²) in [5.74, 6) is -1.10. The molecule has 2 heterocycles. The summed E-state index contributed by atoms with van der Waals surface area (Å²) in [5.41, 5.74) is -1.09. The monoisotopic (exact) mass is 320 g/mol. The molecule has 0 unspecified atom stereocenters. The molecule has 0 aromatic carbocycles. The second kappa shape index (κ2) is 6.58. The molecular weight excluding hydrogens is 308 g/mol. The number of rotatable bonds is 6. The number of halogens is 4. The number of carbonyl (C=O) groups excluding carboxylic acids is 1. The van der Waals surface area contributed by atoms with Gasteiger partial charge in [0, 0.05) is 12.4 Å². The minimum absolute atomic E-state index is 0.0163. The first-order valence-electron chi connectivity index (χ1n) is 6.26. The highest BCUT2D eigenvalue weighted by Gasteiger charge is 2.26. The van der Waals surface area contributed by atoms with E-state index < -0.39 is 36.7 Å². The summed E-state index contributed by atoms with van der Waals surface area (Å²) in [6.45, 7) is -1.73. The Hall–Kier alpha value is -2.39. The maximum absolute atomic E-state index is 13.2. The van der Waals surface area contributed by atoms with Crippen LogP contribution in [0.5, 0.6) is 0 Å². The van der Waals surface area contributed by atoms with Crippen molar-refractivity contribution in [1.82, 2.24) is 19.3 Å². The van der Waals surface area contributed by atoms with Crippen LogP contribution >= 0.6 is 0 Å². The van der Waals surface area contributed by atoms with Crippen LogP contribution in [-0.2, 0) is 11.3 Å². The summed E-state index contributed by atoms with van der Waals surface area (Å²) in [4.78, 5) is 15.3. The highest BCUT2D eigenvalue weighted by atomic mass is 19.3. The first-order chi connectivity index (χ1) is 10.5. The van der Waals surface area contributed by atoms with Crippen LogP contribution in [0.4, 0.5) is 17.6 Å². The molecular formula is C12H12F4N4O2. The molecule has 2 rings (SSSR count). The third-order valence-corrected chi connectivity index (χ3v) is 2.83. The van der Waals surface area contributed by atoms with Crippen LogP contribution in [0.15, 0.2) is 18.6 Å². The maximum Gasteiger partial charge on any atom is 0.341 e. The third kappa shape index (κ3) is 3.10. The van der Waals surface area contributed by atoms with Gasteiger partial charge < -0.3 is 4.74 Å². The fourth-order valence-electron chi connectivity index (χ4n) is 1.90. The minimum Gasteiger partial charge on any atom is -0.462 e. The second-order valence-corrected chi connectivity index (χ2v) is 4.15. The van der Waals surface area contributed by atoms with Crippen molar-refractivity contribution < 1.29 is 27.1 Å². The molecule has 22 heavy (non-hydrogen) atoms. The van der Waals surface area contributed by atoms with E-state index in [4.69, 9.17) is 0 Å². The molecule has 6 nitrogen and oxygen atoms in total. The molecule has 0 aliphatic rings. The number of ether oxygens (including phenoxy) is 1. The van der Waals surface area contributed by atoms with Gasteiger partial charge in [0.15, 0.2) is 0 Å². The third-order valence-electron chi connectivity index (χ3n) is 2.83. The highest BCUT2D eigenvalue weighted by Crippen LogP contribution is 2.24. The molecule has 0 spiro atoms. The summed E-state index contributed by atoms with van der Waals surface area (Å²) >= 11 is 0. The Kier molecular flexibility index (Phi) is 4.78. The van der Waals surface area contributed by atoms with Crippen molar-refractivity contribution in [3.05, 3.63) is 35.7 Å². The fourth-order valence-corrected chi connectivity index (χ4v) is 1.90. The van der Waals surface area contributed by atoms with Crippen LogP contribution in [0.3, 0.4) is 0 Å². The Balaban J connectivity index is 2.35. The molecule has 120 valence electrons. The molecule has 0 atom stereocenters. The Morgan fingerprint density at radius 2 is 2.09 bits per heavy atom. The molecule has 2 aromatic rings. The van der Waals surface area contributed by atoms with E-state index in [9.17, 15) is 22.4 Å². The zero-order chi connectivity index (χ0) is 16.3. The predicted octanol–water partition coefficient (Wildman–Crippen LogP) is 2.64. The quantitative estimate of drug-likeness (QED) is 0.606. The Labute approximate surface area is 122 Å². The highest BCUT2D eigenvalue weighted by molar-refractivity contribution is 5.90. The van der Waals surface area contributed by atoms with Gasteiger partial charge in [0.1, 0.15) is 17.1 Å². The Bertz CT molecular complexity index is 653. The summed E-state index contributed by atoms with van der Waals surface area (Å²) in [5, 5.41) is 3.65.